The number of rotatable bonds is 6. The van der Waals surface area contributed by atoms with Gasteiger partial charge in [0.05, 0.1) is 4.90 Å². The highest BCUT2D eigenvalue weighted by Gasteiger charge is 2.19. The molecule has 0 radical (unpaired) electrons. The number of para-hydroxylation sites is 1. The summed E-state index contributed by atoms with van der Waals surface area (Å²) in [4.78, 5) is 0.200. The molecule has 0 heterocycles. The van der Waals surface area contributed by atoms with Crippen LogP contribution in [0.3, 0.4) is 0 Å². The Morgan fingerprint density at radius 1 is 1.00 bits per heavy atom. The third-order valence-electron chi connectivity index (χ3n) is 2.81. The van der Waals surface area contributed by atoms with Crippen LogP contribution in [0.2, 0.25) is 0 Å². The van der Waals surface area contributed by atoms with Crippen LogP contribution in [0.5, 0.6) is 11.5 Å². The van der Waals surface area contributed by atoms with E-state index in [0.29, 0.717) is 11.5 Å². The summed E-state index contributed by atoms with van der Waals surface area (Å²) in [5, 5.41) is 0. The van der Waals surface area contributed by atoms with Gasteiger partial charge in [0.15, 0.2) is 0 Å². The fourth-order valence-corrected chi connectivity index (χ4v) is 3.06. The zero-order valence-corrected chi connectivity index (χ0v) is 14.2. The van der Waals surface area contributed by atoms with Gasteiger partial charge in [0.1, 0.15) is 11.5 Å². The van der Waals surface area contributed by atoms with Gasteiger partial charge in [-0.05, 0) is 50.2 Å². The van der Waals surface area contributed by atoms with Crippen molar-refractivity contribution >= 4 is 22.7 Å². The second-order valence-electron chi connectivity index (χ2n) is 5.52. The maximum absolute atomic E-state index is 12.2. The number of ether oxygens (including phenoxy) is 1. The molecule has 0 aliphatic heterocycles. The largest absolute Gasteiger partial charge is 0.457 e. The van der Waals surface area contributed by atoms with Crippen molar-refractivity contribution in [1.29, 1.82) is 0 Å². The maximum atomic E-state index is 12.2. The van der Waals surface area contributed by atoms with Crippen molar-refractivity contribution in [3.05, 3.63) is 54.6 Å². The molecule has 0 amide bonds. The minimum absolute atomic E-state index is 0.200. The first-order valence-electron chi connectivity index (χ1n) is 6.81. The van der Waals surface area contributed by atoms with Crippen molar-refractivity contribution in [3.8, 4) is 11.5 Å². The van der Waals surface area contributed by atoms with Crippen LogP contribution in [0.25, 0.3) is 0 Å². The Bertz CT molecular complexity index is 705. The molecule has 0 unspecified atom stereocenters. The molecule has 2 aromatic rings. The summed E-state index contributed by atoms with van der Waals surface area (Å²) in [6.45, 7) is 3.94. The minimum Gasteiger partial charge on any atom is -0.457 e. The molecule has 0 saturated heterocycles. The molecule has 22 heavy (non-hydrogen) atoms. The third kappa shape index (κ3) is 5.05. The summed E-state index contributed by atoms with van der Waals surface area (Å²) < 4.78 is 32.1. The topological polar surface area (TPSA) is 55.4 Å². The number of hydrogen-bond donors (Lipinski definition) is 2. The Labute approximate surface area is 137 Å². The van der Waals surface area contributed by atoms with E-state index in [2.05, 4.69) is 17.4 Å². The molecule has 0 aliphatic rings. The van der Waals surface area contributed by atoms with E-state index in [-0.39, 0.29) is 11.4 Å². The fourth-order valence-electron chi connectivity index (χ4n) is 1.67. The minimum atomic E-state index is -3.54. The first-order chi connectivity index (χ1) is 10.3. The Kier molecular flexibility index (Phi) is 5.16. The summed E-state index contributed by atoms with van der Waals surface area (Å²) >= 11 is 4.30. The van der Waals surface area contributed by atoms with E-state index >= 15 is 0 Å². The molecule has 0 aliphatic carbocycles. The van der Waals surface area contributed by atoms with Crippen molar-refractivity contribution < 1.29 is 13.2 Å². The normalized spacial score (nSPS) is 12.1. The lowest BCUT2D eigenvalue weighted by molar-refractivity contribution is 0.482. The second-order valence-corrected chi connectivity index (χ2v) is 8.50. The number of nitrogens with one attached hydrogen (secondary N) is 1. The van der Waals surface area contributed by atoms with Crippen LogP contribution in [0.15, 0.2) is 59.5 Å². The van der Waals surface area contributed by atoms with Gasteiger partial charge in [-0.1, -0.05) is 18.2 Å². The lowest BCUT2D eigenvalue weighted by atomic mass is 10.2. The van der Waals surface area contributed by atoms with Crippen LogP contribution in [0.4, 0.5) is 0 Å². The van der Waals surface area contributed by atoms with E-state index in [1.54, 1.807) is 12.1 Å². The lowest BCUT2D eigenvalue weighted by Crippen LogP contribution is -2.34. The highest BCUT2D eigenvalue weighted by atomic mass is 32.2. The van der Waals surface area contributed by atoms with Crippen LogP contribution in [-0.4, -0.2) is 19.7 Å². The molecule has 2 rings (SSSR count). The molecule has 0 fully saturated rings. The summed E-state index contributed by atoms with van der Waals surface area (Å²) in [6.07, 6.45) is 0. The molecule has 6 heteroatoms. The Morgan fingerprint density at radius 2 is 1.55 bits per heavy atom. The Balaban J connectivity index is 2.08. The second kappa shape index (κ2) is 6.73. The maximum Gasteiger partial charge on any atom is 0.240 e. The van der Waals surface area contributed by atoms with Gasteiger partial charge in [0.2, 0.25) is 10.0 Å². The lowest BCUT2D eigenvalue weighted by Gasteiger charge is -2.18. The molecule has 0 aromatic heterocycles. The van der Waals surface area contributed by atoms with Crippen LogP contribution in [0.1, 0.15) is 13.8 Å². The molecule has 1 N–H and O–H groups in total. The smallest absolute Gasteiger partial charge is 0.240 e. The summed E-state index contributed by atoms with van der Waals surface area (Å²) in [7, 11) is -3.54. The first kappa shape index (κ1) is 16.9. The average molecular weight is 337 g/mol. The van der Waals surface area contributed by atoms with Gasteiger partial charge in [0, 0.05) is 11.3 Å². The SMILES string of the molecule is CC(C)(S)CNS(=O)(=O)c1ccc(Oc2ccccc2)cc1. The van der Waals surface area contributed by atoms with Gasteiger partial charge in [-0.2, -0.15) is 12.6 Å². The van der Waals surface area contributed by atoms with Crippen molar-refractivity contribution in [2.24, 2.45) is 0 Å². The van der Waals surface area contributed by atoms with E-state index in [1.807, 2.05) is 44.2 Å². The van der Waals surface area contributed by atoms with Crippen LogP contribution >= 0.6 is 12.6 Å². The molecule has 0 bridgehead atoms. The van der Waals surface area contributed by atoms with Gasteiger partial charge >= 0.3 is 0 Å². The molecule has 4 nitrogen and oxygen atoms in total. The molecule has 2 aromatic carbocycles. The number of hydrogen-bond acceptors (Lipinski definition) is 4. The molecule has 0 saturated carbocycles. The molecular weight excluding hydrogens is 318 g/mol. The van der Waals surface area contributed by atoms with Crippen molar-refractivity contribution in [3.63, 3.8) is 0 Å². The Morgan fingerprint density at radius 3 is 2.09 bits per heavy atom. The predicted molar refractivity (Wildman–Crippen MR) is 91.2 cm³/mol. The van der Waals surface area contributed by atoms with Gasteiger partial charge in [-0.25, -0.2) is 13.1 Å². The molecule has 118 valence electrons. The van der Waals surface area contributed by atoms with Gasteiger partial charge in [-0.15, -0.1) is 0 Å². The predicted octanol–water partition coefficient (Wildman–Crippen LogP) is 3.47. The number of sulfonamides is 1. The van der Waals surface area contributed by atoms with E-state index in [9.17, 15) is 8.42 Å². The van der Waals surface area contributed by atoms with Crippen molar-refractivity contribution in [2.45, 2.75) is 23.5 Å². The quantitative estimate of drug-likeness (QED) is 0.794. The van der Waals surface area contributed by atoms with E-state index in [0.717, 1.165) is 0 Å². The van der Waals surface area contributed by atoms with Crippen LogP contribution in [-0.2, 0) is 10.0 Å². The monoisotopic (exact) mass is 337 g/mol. The van der Waals surface area contributed by atoms with Gasteiger partial charge in [-0.3, -0.25) is 0 Å². The third-order valence-corrected chi connectivity index (χ3v) is 4.38. The average Bonchev–Trinajstić information content (AvgIpc) is 2.46. The van der Waals surface area contributed by atoms with Crippen molar-refractivity contribution in [1.82, 2.24) is 4.72 Å². The summed E-state index contributed by atoms with van der Waals surface area (Å²) in [5.41, 5.74) is 0. The van der Waals surface area contributed by atoms with Crippen LogP contribution < -0.4 is 9.46 Å². The Hall–Kier alpha value is -1.50. The first-order valence-corrected chi connectivity index (χ1v) is 8.74. The standard InChI is InChI=1S/C16H19NO3S2/c1-16(2,21)12-17-22(18,19)15-10-8-14(9-11-15)20-13-6-4-3-5-7-13/h3-11,17,21H,12H2,1-2H3. The van der Waals surface area contributed by atoms with E-state index in [4.69, 9.17) is 4.74 Å². The van der Waals surface area contributed by atoms with Gasteiger partial charge in [0.25, 0.3) is 0 Å². The van der Waals surface area contributed by atoms with E-state index < -0.39 is 14.8 Å². The zero-order valence-electron chi connectivity index (χ0n) is 12.5. The number of benzene rings is 2. The highest BCUT2D eigenvalue weighted by molar-refractivity contribution is 7.89. The molecular formula is C16H19NO3S2. The van der Waals surface area contributed by atoms with Crippen LogP contribution in [0, 0.1) is 0 Å². The fraction of sp³-hybridized carbons (Fsp3) is 0.250. The highest BCUT2D eigenvalue weighted by Crippen LogP contribution is 2.22. The van der Waals surface area contributed by atoms with Gasteiger partial charge < -0.3 is 4.74 Å². The van der Waals surface area contributed by atoms with Crippen molar-refractivity contribution in [2.75, 3.05) is 6.54 Å². The number of thiol groups is 1. The molecule has 0 atom stereocenters. The summed E-state index contributed by atoms with van der Waals surface area (Å²) in [5.74, 6) is 1.28. The summed E-state index contributed by atoms with van der Waals surface area (Å²) in [6, 6.07) is 15.6. The van der Waals surface area contributed by atoms with E-state index in [1.165, 1.54) is 12.1 Å². The zero-order chi connectivity index (χ0) is 16.2. The molecule has 0 spiro atoms.